The predicted octanol–water partition coefficient (Wildman–Crippen LogP) is 4.46. The van der Waals surface area contributed by atoms with Crippen molar-refractivity contribution in [1.82, 2.24) is 10.5 Å². The second-order valence-electron chi connectivity index (χ2n) is 7.26. The summed E-state index contributed by atoms with van der Waals surface area (Å²) >= 11 is 3.05. The molecule has 0 bridgehead atoms. The molecule has 0 fully saturated rings. The largest absolute Gasteiger partial charge is 0.360 e. The second kappa shape index (κ2) is 10.6. The van der Waals surface area contributed by atoms with Gasteiger partial charge in [-0.25, -0.2) is 0 Å². The fraction of sp³-hybridized carbons (Fsp3) is 0.261. The van der Waals surface area contributed by atoms with Gasteiger partial charge in [-0.15, -0.1) is 11.8 Å². The number of benzene rings is 2. The van der Waals surface area contributed by atoms with Crippen molar-refractivity contribution in [3.63, 3.8) is 0 Å². The van der Waals surface area contributed by atoms with Crippen LogP contribution in [-0.4, -0.2) is 41.6 Å². The Labute approximate surface area is 195 Å². The summed E-state index contributed by atoms with van der Waals surface area (Å²) in [5.74, 6) is 1.14. The lowest BCUT2D eigenvalue weighted by atomic mass is 10.2. The first-order chi connectivity index (χ1) is 15.6. The van der Waals surface area contributed by atoms with E-state index in [1.54, 1.807) is 24.8 Å². The van der Waals surface area contributed by atoms with Crippen LogP contribution in [0.5, 0.6) is 0 Å². The van der Waals surface area contributed by atoms with Gasteiger partial charge in [-0.05, 0) is 37.6 Å². The summed E-state index contributed by atoms with van der Waals surface area (Å²) in [5, 5.41) is 9.30. The van der Waals surface area contributed by atoms with Crippen LogP contribution in [0.15, 0.2) is 68.9 Å². The number of hydrogen-bond donors (Lipinski definition) is 2. The summed E-state index contributed by atoms with van der Waals surface area (Å²) in [6.45, 7) is 3.14. The molecule has 1 aliphatic heterocycles. The summed E-state index contributed by atoms with van der Waals surface area (Å²) in [6, 6.07) is 18.4. The zero-order valence-corrected chi connectivity index (χ0v) is 19.3. The molecule has 3 aromatic rings. The number of nitrogens with zero attached hydrogens (tertiary/aromatic N) is 2. The monoisotopic (exact) mass is 468 g/mol. The Morgan fingerprint density at radius 3 is 2.34 bits per heavy atom. The van der Waals surface area contributed by atoms with Gasteiger partial charge in [-0.1, -0.05) is 41.2 Å². The average molecular weight is 469 g/mol. The van der Waals surface area contributed by atoms with Gasteiger partial charge in [0.05, 0.1) is 22.9 Å². The fourth-order valence-electron chi connectivity index (χ4n) is 3.38. The number of aromatic nitrogens is 1. The first kappa shape index (κ1) is 22.3. The molecule has 1 aromatic heterocycles. The number of amides is 2. The highest BCUT2D eigenvalue weighted by Crippen LogP contribution is 2.47. The van der Waals surface area contributed by atoms with Crippen molar-refractivity contribution in [2.45, 2.75) is 23.1 Å². The molecule has 2 aromatic carbocycles. The van der Waals surface area contributed by atoms with E-state index in [1.165, 1.54) is 32.9 Å². The minimum Gasteiger partial charge on any atom is -0.360 e. The van der Waals surface area contributed by atoms with Gasteiger partial charge in [-0.3, -0.25) is 9.59 Å². The lowest BCUT2D eigenvalue weighted by Gasteiger charge is -2.32. The summed E-state index contributed by atoms with van der Waals surface area (Å²) in [4.78, 5) is 28.8. The Kier molecular flexibility index (Phi) is 7.39. The Balaban J connectivity index is 1.19. The second-order valence-corrected chi connectivity index (χ2v) is 9.33. The number of carbonyl (C=O) groups is 2. The molecule has 2 heterocycles. The molecule has 2 amide bonds. The van der Waals surface area contributed by atoms with Gasteiger partial charge >= 0.3 is 0 Å². The van der Waals surface area contributed by atoms with Gasteiger partial charge in [-0.2, -0.15) is 0 Å². The molecule has 2 N–H and O–H groups in total. The quantitative estimate of drug-likeness (QED) is 0.448. The molecule has 1 aliphatic rings. The highest BCUT2D eigenvalue weighted by atomic mass is 32.2. The molecule has 0 unspecified atom stereocenters. The molecule has 166 valence electrons. The summed E-state index contributed by atoms with van der Waals surface area (Å²) in [5.41, 5.74) is 2.40. The number of anilines is 3. The minimum absolute atomic E-state index is 0.0740. The SMILES string of the molecule is Cc1cc(NC(=O)CSCC(=O)NCCCN2c3ccccc3Sc3ccccc32)no1. The maximum atomic E-state index is 12.1. The summed E-state index contributed by atoms with van der Waals surface area (Å²) in [6.07, 6.45) is 0.815. The van der Waals surface area contributed by atoms with Crippen LogP contribution >= 0.6 is 23.5 Å². The van der Waals surface area contributed by atoms with E-state index >= 15 is 0 Å². The van der Waals surface area contributed by atoms with Gasteiger partial charge in [0.2, 0.25) is 11.8 Å². The first-order valence-corrected chi connectivity index (χ1v) is 12.3. The first-order valence-electron chi connectivity index (χ1n) is 10.3. The lowest BCUT2D eigenvalue weighted by Crippen LogP contribution is -2.30. The van der Waals surface area contributed by atoms with Crippen LogP contribution in [0, 0.1) is 6.92 Å². The molecule has 0 saturated carbocycles. The number of fused-ring (bicyclic) bond motifs is 2. The molecule has 32 heavy (non-hydrogen) atoms. The minimum atomic E-state index is -0.212. The maximum Gasteiger partial charge on any atom is 0.235 e. The number of hydrogen-bond acceptors (Lipinski definition) is 7. The smallest absolute Gasteiger partial charge is 0.235 e. The van der Waals surface area contributed by atoms with Gasteiger partial charge < -0.3 is 20.1 Å². The molecule has 0 saturated heterocycles. The van der Waals surface area contributed by atoms with Crippen LogP contribution in [-0.2, 0) is 9.59 Å². The van der Waals surface area contributed by atoms with Gasteiger partial charge in [0.15, 0.2) is 5.82 Å². The van der Waals surface area contributed by atoms with Crippen molar-refractivity contribution in [1.29, 1.82) is 0 Å². The van der Waals surface area contributed by atoms with Gasteiger partial charge in [0.25, 0.3) is 0 Å². The third kappa shape index (κ3) is 5.66. The van der Waals surface area contributed by atoms with Crippen molar-refractivity contribution >= 4 is 52.5 Å². The van der Waals surface area contributed by atoms with E-state index in [9.17, 15) is 9.59 Å². The zero-order valence-electron chi connectivity index (χ0n) is 17.7. The number of para-hydroxylation sites is 2. The molecule has 0 atom stereocenters. The van der Waals surface area contributed by atoms with Gasteiger partial charge in [0.1, 0.15) is 5.76 Å². The highest BCUT2D eigenvalue weighted by Gasteiger charge is 2.22. The van der Waals surface area contributed by atoms with E-state index < -0.39 is 0 Å². The number of aryl methyl sites for hydroxylation is 1. The van der Waals surface area contributed by atoms with E-state index in [0.29, 0.717) is 18.1 Å². The Morgan fingerprint density at radius 2 is 1.69 bits per heavy atom. The van der Waals surface area contributed by atoms with Gasteiger partial charge in [0, 0.05) is 28.9 Å². The Bertz CT molecular complexity index is 1060. The van der Waals surface area contributed by atoms with Crippen molar-refractivity contribution in [2.75, 3.05) is 34.8 Å². The van der Waals surface area contributed by atoms with Crippen LogP contribution < -0.4 is 15.5 Å². The zero-order chi connectivity index (χ0) is 22.3. The molecular weight excluding hydrogens is 444 g/mol. The Hall–Kier alpha value is -2.91. The van der Waals surface area contributed by atoms with Crippen molar-refractivity contribution in [3.05, 3.63) is 60.4 Å². The van der Waals surface area contributed by atoms with Crippen LogP contribution in [0.25, 0.3) is 0 Å². The molecule has 0 radical (unpaired) electrons. The fourth-order valence-corrected chi connectivity index (χ4v) is 5.12. The molecule has 0 spiro atoms. The maximum absolute atomic E-state index is 12.1. The Morgan fingerprint density at radius 1 is 1.03 bits per heavy atom. The molecule has 9 heteroatoms. The molecule has 7 nitrogen and oxygen atoms in total. The number of carbonyl (C=O) groups excluding carboxylic acids is 2. The van der Waals surface area contributed by atoms with Crippen LogP contribution in [0.1, 0.15) is 12.2 Å². The normalized spacial score (nSPS) is 12.1. The molecule has 4 rings (SSSR count). The number of thioether (sulfide) groups is 1. The third-order valence-corrected chi connectivity index (χ3v) is 6.84. The van der Waals surface area contributed by atoms with E-state index in [0.717, 1.165) is 13.0 Å². The summed E-state index contributed by atoms with van der Waals surface area (Å²) in [7, 11) is 0. The van der Waals surface area contributed by atoms with Crippen molar-refractivity contribution in [2.24, 2.45) is 0 Å². The number of nitrogens with one attached hydrogen (secondary N) is 2. The predicted molar refractivity (Wildman–Crippen MR) is 129 cm³/mol. The standard InChI is InChI=1S/C23H24N4O3S2/c1-16-13-21(26-30-16)25-23(29)15-31-14-22(28)24-11-6-12-27-17-7-2-4-9-19(17)32-20-10-5-3-8-18(20)27/h2-5,7-10,13H,6,11-12,14-15H2,1H3,(H,24,28)(H,25,26,29). The lowest BCUT2D eigenvalue weighted by molar-refractivity contribution is -0.118. The molecular formula is C23H24N4O3S2. The number of rotatable bonds is 9. The van der Waals surface area contributed by atoms with E-state index in [4.69, 9.17) is 4.52 Å². The van der Waals surface area contributed by atoms with Crippen LogP contribution in [0.2, 0.25) is 0 Å². The van der Waals surface area contributed by atoms with E-state index in [-0.39, 0.29) is 23.3 Å². The van der Waals surface area contributed by atoms with Crippen molar-refractivity contribution in [3.8, 4) is 0 Å². The topological polar surface area (TPSA) is 87.5 Å². The molecule has 0 aliphatic carbocycles. The van der Waals surface area contributed by atoms with E-state index in [2.05, 4.69) is 69.2 Å². The van der Waals surface area contributed by atoms with Crippen molar-refractivity contribution < 1.29 is 14.1 Å². The van der Waals surface area contributed by atoms with E-state index in [1.807, 2.05) is 0 Å². The van der Waals surface area contributed by atoms with Crippen LogP contribution in [0.3, 0.4) is 0 Å². The average Bonchev–Trinajstić information content (AvgIpc) is 3.20. The third-order valence-electron chi connectivity index (χ3n) is 4.77. The highest BCUT2D eigenvalue weighted by molar-refractivity contribution is 8.00. The summed E-state index contributed by atoms with van der Waals surface area (Å²) < 4.78 is 4.91. The van der Waals surface area contributed by atoms with Crippen LogP contribution in [0.4, 0.5) is 17.2 Å².